The van der Waals surface area contributed by atoms with E-state index in [4.69, 9.17) is 11.1 Å². The van der Waals surface area contributed by atoms with Crippen LogP contribution in [-0.2, 0) is 11.3 Å². The van der Waals surface area contributed by atoms with Gasteiger partial charge in [0.25, 0.3) is 0 Å². The Hall–Kier alpha value is -1.84. The molecule has 19 heavy (non-hydrogen) atoms. The molecule has 3 N–H and O–H groups in total. The van der Waals surface area contributed by atoms with Crippen LogP contribution in [0.5, 0.6) is 0 Å². The van der Waals surface area contributed by atoms with Crippen molar-refractivity contribution in [1.29, 1.82) is 5.41 Å². The Morgan fingerprint density at radius 1 is 1.21 bits per heavy atom. The Bertz CT molecular complexity index is 438. The van der Waals surface area contributed by atoms with E-state index in [1.54, 1.807) is 0 Å². The molecule has 1 amide bonds. The van der Waals surface area contributed by atoms with Crippen molar-refractivity contribution in [3.8, 4) is 0 Å². The molecule has 0 atom stereocenters. The highest BCUT2D eigenvalue weighted by Gasteiger charge is 2.27. The minimum Gasteiger partial charge on any atom is -0.370 e. The summed E-state index contributed by atoms with van der Waals surface area (Å²) in [7, 11) is 0. The Balaban J connectivity index is 2.07. The molecule has 0 spiro atoms. The maximum atomic E-state index is 12.4. The Labute approximate surface area is 114 Å². The molecule has 0 aromatic heterocycles. The van der Waals surface area contributed by atoms with E-state index in [0.29, 0.717) is 6.54 Å². The van der Waals surface area contributed by atoms with Gasteiger partial charge in [0.2, 0.25) is 5.91 Å². The normalized spacial score (nSPS) is 16.0. The number of hydrogen-bond acceptors (Lipinski definition) is 2. The number of carbonyl (C=O) groups is 1. The topological polar surface area (TPSA) is 70.2 Å². The summed E-state index contributed by atoms with van der Waals surface area (Å²) >= 11 is 0. The molecule has 0 radical (unpaired) electrons. The Morgan fingerprint density at radius 2 is 1.84 bits per heavy atom. The van der Waals surface area contributed by atoms with Crippen LogP contribution >= 0.6 is 0 Å². The lowest BCUT2D eigenvalue weighted by Gasteiger charge is -2.28. The molecule has 1 aromatic carbocycles. The van der Waals surface area contributed by atoms with Gasteiger partial charge < -0.3 is 5.73 Å². The van der Waals surface area contributed by atoms with E-state index >= 15 is 0 Å². The number of carbonyl (C=O) groups excluding carboxylic acids is 1. The summed E-state index contributed by atoms with van der Waals surface area (Å²) in [6.45, 7) is 0.394. The highest BCUT2D eigenvalue weighted by Crippen LogP contribution is 2.25. The minimum atomic E-state index is -0.153. The van der Waals surface area contributed by atoms with E-state index < -0.39 is 0 Å². The molecule has 4 heteroatoms. The fraction of sp³-hybridized carbons (Fsp3) is 0.467. The second kappa shape index (κ2) is 6.36. The smallest absolute Gasteiger partial charge is 0.232 e. The maximum absolute atomic E-state index is 12.4. The quantitative estimate of drug-likeness (QED) is 0.646. The molecule has 1 fully saturated rings. The van der Waals surface area contributed by atoms with Crippen LogP contribution in [0.25, 0.3) is 0 Å². The number of nitrogens with two attached hydrogens (primary N) is 1. The molecular weight excluding hydrogens is 238 g/mol. The zero-order valence-electron chi connectivity index (χ0n) is 11.1. The summed E-state index contributed by atoms with van der Waals surface area (Å²) in [6, 6.07) is 9.69. The van der Waals surface area contributed by atoms with Gasteiger partial charge in [0.15, 0.2) is 5.96 Å². The molecule has 102 valence electrons. The first kappa shape index (κ1) is 13.6. The van der Waals surface area contributed by atoms with Gasteiger partial charge in [-0.15, -0.1) is 0 Å². The van der Waals surface area contributed by atoms with Gasteiger partial charge in [-0.25, -0.2) is 0 Å². The van der Waals surface area contributed by atoms with E-state index in [0.717, 1.165) is 31.2 Å². The van der Waals surface area contributed by atoms with Crippen LogP contribution in [0.1, 0.15) is 37.7 Å². The molecule has 2 rings (SSSR count). The molecule has 4 nitrogen and oxygen atoms in total. The second-order valence-corrected chi connectivity index (χ2v) is 5.13. The number of nitrogens with zero attached hydrogens (tertiary/aromatic N) is 1. The number of amides is 1. The zero-order chi connectivity index (χ0) is 13.7. The first-order chi connectivity index (χ1) is 9.18. The first-order valence-electron chi connectivity index (χ1n) is 6.88. The summed E-state index contributed by atoms with van der Waals surface area (Å²) in [4.78, 5) is 13.9. The zero-order valence-corrected chi connectivity index (χ0v) is 11.1. The van der Waals surface area contributed by atoms with Gasteiger partial charge in [-0.2, -0.15) is 0 Å². The van der Waals surface area contributed by atoms with Gasteiger partial charge in [0.05, 0.1) is 6.54 Å². The second-order valence-electron chi connectivity index (χ2n) is 5.13. The summed E-state index contributed by atoms with van der Waals surface area (Å²) in [6.07, 6.45) is 5.28. The van der Waals surface area contributed by atoms with Crippen LogP contribution in [0.15, 0.2) is 30.3 Å². The van der Waals surface area contributed by atoms with Crippen LogP contribution in [0.2, 0.25) is 0 Å². The molecular formula is C15H21N3O. The number of benzene rings is 1. The van der Waals surface area contributed by atoms with Gasteiger partial charge in [0.1, 0.15) is 0 Å². The predicted octanol–water partition coefficient (Wildman–Crippen LogP) is 2.49. The number of nitrogens with one attached hydrogen (secondary N) is 1. The third-order valence-corrected chi connectivity index (χ3v) is 3.69. The van der Waals surface area contributed by atoms with Gasteiger partial charge in [-0.05, 0) is 18.4 Å². The summed E-state index contributed by atoms with van der Waals surface area (Å²) in [5.41, 5.74) is 6.58. The van der Waals surface area contributed by atoms with Crippen molar-refractivity contribution in [3.05, 3.63) is 35.9 Å². The van der Waals surface area contributed by atoms with Gasteiger partial charge >= 0.3 is 0 Å². The average Bonchev–Trinajstić information content (AvgIpc) is 2.46. The molecule has 0 bridgehead atoms. The lowest BCUT2D eigenvalue weighted by atomic mass is 9.88. The summed E-state index contributed by atoms with van der Waals surface area (Å²) < 4.78 is 0. The van der Waals surface area contributed by atoms with Crippen molar-refractivity contribution in [1.82, 2.24) is 4.90 Å². The Kier molecular flexibility index (Phi) is 4.55. The highest BCUT2D eigenvalue weighted by atomic mass is 16.2. The van der Waals surface area contributed by atoms with E-state index in [2.05, 4.69) is 0 Å². The molecule has 1 saturated carbocycles. The summed E-state index contributed by atoms with van der Waals surface area (Å²) in [5, 5.41) is 7.63. The maximum Gasteiger partial charge on any atom is 0.232 e. The molecule has 0 aliphatic heterocycles. The monoisotopic (exact) mass is 259 g/mol. The van der Waals surface area contributed by atoms with E-state index in [9.17, 15) is 4.79 Å². The lowest BCUT2D eigenvalue weighted by Crippen LogP contribution is -2.44. The van der Waals surface area contributed by atoms with Crippen molar-refractivity contribution in [3.63, 3.8) is 0 Å². The number of guanidine groups is 1. The van der Waals surface area contributed by atoms with Crippen molar-refractivity contribution in [2.45, 2.75) is 38.6 Å². The molecule has 1 aliphatic carbocycles. The molecule has 1 aromatic rings. The average molecular weight is 259 g/mol. The van der Waals surface area contributed by atoms with Crippen molar-refractivity contribution in [2.24, 2.45) is 11.7 Å². The van der Waals surface area contributed by atoms with Gasteiger partial charge in [-0.1, -0.05) is 49.6 Å². The largest absolute Gasteiger partial charge is 0.370 e. The minimum absolute atomic E-state index is 0.0102. The van der Waals surface area contributed by atoms with Crippen LogP contribution in [-0.4, -0.2) is 16.8 Å². The van der Waals surface area contributed by atoms with E-state index in [1.165, 1.54) is 11.3 Å². The predicted molar refractivity (Wildman–Crippen MR) is 75.5 cm³/mol. The van der Waals surface area contributed by atoms with Crippen molar-refractivity contribution >= 4 is 11.9 Å². The summed E-state index contributed by atoms with van der Waals surface area (Å²) in [5.74, 6) is -0.100. The van der Waals surface area contributed by atoms with Crippen molar-refractivity contribution < 1.29 is 4.79 Å². The third kappa shape index (κ3) is 3.56. The third-order valence-electron chi connectivity index (χ3n) is 3.69. The van der Waals surface area contributed by atoms with Crippen LogP contribution in [0, 0.1) is 11.3 Å². The van der Waals surface area contributed by atoms with Crippen LogP contribution < -0.4 is 5.73 Å². The number of hydrogen-bond donors (Lipinski definition) is 2. The van der Waals surface area contributed by atoms with E-state index in [1.807, 2.05) is 30.3 Å². The van der Waals surface area contributed by atoms with E-state index in [-0.39, 0.29) is 17.8 Å². The fourth-order valence-corrected chi connectivity index (χ4v) is 2.62. The Morgan fingerprint density at radius 3 is 2.42 bits per heavy atom. The fourth-order valence-electron chi connectivity index (χ4n) is 2.62. The lowest BCUT2D eigenvalue weighted by molar-refractivity contribution is -0.133. The highest BCUT2D eigenvalue weighted by molar-refractivity contribution is 5.95. The molecule has 0 unspecified atom stereocenters. The van der Waals surface area contributed by atoms with Crippen LogP contribution in [0.3, 0.4) is 0 Å². The van der Waals surface area contributed by atoms with Gasteiger partial charge in [-0.3, -0.25) is 15.1 Å². The SMILES string of the molecule is N=C(N)N(Cc1ccccc1)C(=O)C1CCCCC1. The molecule has 0 heterocycles. The number of rotatable bonds is 3. The first-order valence-corrected chi connectivity index (χ1v) is 6.88. The molecule has 0 saturated heterocycles. The van der Waals surface area contributed by atoms with Crippen molar-refractivity contribution in [2.75, 3.05) is 0 Å². The van der Waals surface area contributed by atoms with Gasteiger partial charge in [0, 0.05) is 5.92 Å². The molecule has 1 aliphatic rings. The van der Waals surface area contributed by atoms with Crippen LogP contribution in [0.4, 0.5) is 0 Å². The standard InChI is InChI=1S/C15H21N3O/c16-15(17)18(11-12-7-3-1-4-8-12)14(19)13-9-5-2-6-10-13/h1,3-4,7-8,13H,2,5-6,9-11H2,(H3,16,17).